The van der Waals surface area contributed by atoms with Crippen molar-refractivity contribution in [2.24, 2.45) is 7.05 Å². The molecule has 8 heteroatoms. The lowest BCUT2D eigenvalue weighted by Crippen LogP contribution is -2.37. The predicted octanol–water partition coefficient (Wildman–Crippen LogP) is 2.27. The first-order chi connectivity index (χ1) is 12.8. The van der Waals surface area contributed by atoms with Gasteiger partial charge in [-0.3, -0.25) is 10.00 Å². The average molecular weight is 349 g/mol. The predicted molar refractivity (Wildman–Crippen MR) is 94.0 cm³/mol. The summed E-state index contributed by atoms with van der Waals surface area (Å²) in [5.74, 6) is 2.69. The Hall–Kier alpha value is -3.13. The summed E-state index contributed by atoms with van der Waals surface area (Å²) in [7, 11) is 2.02. The minimum Gasteiger partial charge on any atom is -0.458 e. The summed E-state index contributed by atoms with van der Waals surface area (Å²) >= 11 is 0. The largest absolute Gasteiger partial charge is 0.458 e. The smallest absolute Gasteiger partial charge is 0.152 e. The van der Waals surface area contributed by atoms with Crippen LogP contribution >= 0.6 is 0 Å². The molecule has 1 atom stereocenters. The minimum absolute atomic E-state index is 0.00528. The molecule has 1 aliphatic heterocycles. The molecule has 26 heavy (non-hydrogen) atoms. The number of nitrogens with one attached hydrogen (secondary N) is 2. The van der Waals surface area contributed by atoms with Crippen LogP contribution in [-0.2, 0) is 20.0 Å². The van der Waals surface area contributed by atoms with Gasteiger partial charge in [0.1, 0.15) is 23.3 Å². The summed E-state index contributed by atoms with van der Waals surface area (Å²) in [6, 6.07) is 5.90. The van der Waals surface area contributed by atoms with Gasteiger partial charge in [-0.05, 0) is 18.2 Å². The van der Waals surface area contributed by atoms with Crippen LogP contribution in [0, 0.1) is 0 Å². The van der Waals surface area contributed by atoms with E-state index in [1.54, 1.807) is 12.5 Å². The molecule has 0 radical (unpaired) electrons. The Morgan fingerprint density at radius 3 is 3.00 bits per heavy atom. The first-order valence-electron chi connectivity index (χ1n) is 8.61. The summed E-state index contributed by atoms with van der Waals surface area (Å²) in [5.41, 5.74) is 3.11. The Bertz CT molecular complexity index is 1010. The van der Waals surface area contributed by atoms with Crippen LogP contribution < -0.4 is 0 Å². The zero-order valence-corrected chi connectivity index (χ0v) is 14.4. The van der Waals surface area contributed by atoms with E-state index in [0.717, 1.165) is 41.7 Å². The van der Waals surface area contributed by atoms with Crippen molar-refractivity contribution < 1.29 is 4.42 Å². The maximum atomic E-state index is 6.03. The Labute approximate surface area is 149 Å². The van der Waals surface area contributed by atoms with Gasteiger partial charge in [0.15, 0.2) is 5.76 Å². The van der Waals surface area contributed by atoms with E-state index < -0.39 is 0 Å². The van der Waals surface area contributed by atoms with E-state index >= 15 is 0 Å². The Morgan fingerprint density at radius 2 is 2.19 bits per heavy atom. The number of hydrogen-bond acceptors (Lipinski definition) is 5. The van der Waals surface area contributed by atoms with Gasteiger partial charge in [-0.2, -0.15) is 5.10 Å². The highest BCUT2D eigenvalue weighted by molar-refractivity contribution is 5.51. The third-order valence-electron chi connectivity index (χ3n) is 4.91. The van der Waals surface area contributed by atoms with Crippen molar-refractivity contribution in [3.8, 4) is 11.5 Å². The number of nitrogens with zero attached hydrogens (tertiary/aromatic N) is 5. The zero-order valence-electron chi connectivity index (χ0n) is 14.4. The quantitative estimate of drug-likeness (QED) is 0.590. The van der Waals surface area contributed by atoms with Gasteiger partial charge < -0.3 is 14.0 Å². The maximum Gasteiger partial charge on any atom is 0.152 e. The molecule has 1 unspecified atom stereocenters. The van der Waals surface area contributed by atoms with Crippen LogP contribution in [-0.4, -0.2) is 41.2 Å². The second-order valence-corrected chi connectivity index (χ2v) is 6.52. The van der Waals surface area contributed by atoms with E-state index in [9.17, 15) is 0 Å². The first-order valence-corrected chi connectivity index (χ1v) is 8.61. The van der Waals surface area contributed by atoms with Crippen LogP contribution in [0.2, 0.25) is 0 Å². The molecule has 132 valence electrons. The standard InChI is InChI=1S/C18H19N7O/c1-24-9-7-19-18(24)17-16-14(20-11-21-16)5-8-25(17)10-12-2-3-15(26-12)13-4-6-22-23-13/h2-4,6-7,9,11,17H,5,8,10H2,1H3,(H,20,21)(H,22,23). The average Bonchev–Trinajstić information content (AvgIpc) is 3.42. The van der Waals surface area contributed by atoms with Crippen molar-refractivity contribution in [1.82, 2.24) is 34.6 Å². The van der Waals surface area contributed by atoms with Crippen molar-refractivity contribution in [1.29, 1.82) is 0 Å². The van der Waals surface area contributed by atoms with Crippen molar-refractivity contribution in [3.05, 3.63) is 66.1 Å². The lowest BCUT2D eigenvalue weighted by atomic mass is 10.0. The number of H-pyrrole nitrogens is 2. The zero-order chi connectivity index (χ0) is 17.5. The van der Waals surface area contributed by atoms with Crippen molar-refractivity contribution >= 4 is 0 Å². The molecule has 0 spiro atoms. The molecule has 0 aliphatic carbocycles. The fourth-order valence-corrected chi connectivity index (χ4v) is 3.62. The van der Waals surface area contributed by atoms with E-state index in [2.05, 4.69) is 34.6 Å². The number of hydrogen-bond donors (Lipinski definition) is 2. The van der Waals surface area contributed by atoms with Crippen molar-refractivity contribution in [2.45, 2.75) is 19.0 Å². The van der Waals surface area contributed by atoms with Gasteiger partial charge in [0.25, 0.3) is 0 Å². The number of fused-ring (bicyclic) bond motifs is 1. The summed E-state index contributed by atoms with van der Waals surface area (Å²) in [6.45, 7) is 1.60. The molecule has 0 bridgehead atoms. The van der Waals surface area contributed by atoms with Gasteiger partial charge in [0, 0.05) is 44.3 Å². The molecule has 4 aromatic heterocycles. The van der Waals surface area contributed by atoms with Gasteiger partial charge in [0.2, 0.25) is 0 Å². The fraction of sp³-hybridized carbons (Fsp3) is 0.278. The highest BCUT2D eigenvalue weighted by Crippen LogP contribution is 2.34. The molecular formula is C18H19N7O. The third kappa shape index (κ3) is 2.46. The Morgan fingerprint density at radius 1 is 1.23 bits per heavy atom. The molecular weight excluding hydrogens is 330 g/mol. The molecule has 0 saturated heterocycles. The molecule has 0 saturated carbocycles. The molecule has 0 fully saturated rings. The molecule has 1 aliphatic rings. The summed E-state index contributed by atoms with van der Waals surface area (Å²) in [4.78, 5) is 14.8. The van der Waals surface area contributed by atoms with Crippen LogP contribution in [0.3, 0.4) is 0 Å². The lowest BCUT2D eigenvalue weighted by molar-refractivity contribution is 0.177. The Kier molecular flexibility index (Phi) is 3.49. The van der Waals surface area contributed by atoms with Crippen LogP contribution in [0.1, 0.15) is 29.0 Å². The van der Waals surface area contributed by atoms with Crippen LogP contribution in [0.25, 0.3) is 11.5 Å². The van der Waals surface area contributed by atoms with E-state index in [-0.39, 0.29) is 6.04 Å². The molecule has 0 aromatic carbocycles. The SMILES string of the molecule is Cn1ccnc1C1c2nc[nH]c2CCN1Cc1ccc(-c2ccn[nH]2)o1. The van der Waals surface area contributed by atoms with E-state index in [1.807, 2.05) is 37.6 Å². The second-order valence-electron chi connectivity index (χ2n) is 6.52. The molecule has 0 amide bonds. The highest BCUT2D eigenvalue weighted by Gasteiger charge is 2.34. The number of aryl methyl sites for hydroxylation is 1. The monoisotopic (exact) mass is 349 g/mol. The fourth-order valence-electron chi connectivity index (χ4n) is 3.62. The second kappa shape index (κ2) is 5.99. The van der Waals surface area contributed by atoms with Gasteiger partial charge in [-0.15, -0.1) is 0 Å². The normalized spacial score (nSPS) is 17.5. The molecule has 4 aromatic rings. The summed E-state index contributed by atoms with van der Waals surface area (Å²) in [6.07, 6.45) is 8.23. The maximum absolute atomic E-state index is 6.03. The molecule has 5 rings (SSSR count). The van der Waals surface area contributed by atoms with Crippen LogP contribution in [0.4, 0.5) is 0 Å². The molecule has 8 nitrogen and oxygen atoms in total. The van der Waals surface area contributed by atoms with Gasteiger partial charge in [-0.25, -0.2) is 9.97 Å². The number of furan rings is 1. The molecule has 5 heterocycles. The highest BCUT2D eigenvalue weighted by atomic mass is 16.3. The van der Waals surface area contributed by atoms with E-state index in [1.165, 1.54) is 5.69 Å². The van der Waals surface area contributed by atoms with Crippen LogP contribution in [0.5, 0.6) is 0 Å². The van der Waals surface area contributed by atoms with E-state index in [0.29, 0.717) is 6.54 Å². The number of aromatic amines is 2. The van der Waals surface area contributed by atoms with Gasteiger partial charge in [-0.1, -0.05) is 0 Å². The summed E-state index contributed by atoms with van der Waals surface area (Å²) in [5, 5.41) is 6.91. The topological polar surface area (TPSA) is 91.6 Å². The van der Waals surface area contributed by atoms with Crippen molar-refractivity contribution in [2.75, 3.05) is 6.54 Å². The Balaban J connectivity index is 1.47. The van der Waals surface area contributed by atoms with Gasteiger partial charge in [0.05, 0.1) is 18.6 Å². The van der Waals surface area contributed by atoms with Crippen molar-refractivity contribution in [3.63, 3.8) is 0 Å². The van der Waals surface area contributed by atoms with E-state index in [4.69, 9.17) is 4.42 Å². The third-order valence-corrected chi connectivity index (χ3v) is 4.91. The minimum atomic E-state index is 0.00528. The van der Waals surface area contributed by atoms with Crippen LogP contribution in [0.15, 0.2) is 47.5 Å². The van der Waals surface area contributed by atoms with Gasteiger partial charge >= 0.3 is 0 Å². The first kappa shape index (κ1) is 15.2. The molecule has 2 N–H and O–H groups in total. The summed E-state index contributed by atoms with van der Waals surface area (Å²) < 4.78 is 8.08. The number of imidazole rings is 2. The number of rotatable bonds is 4. The lowest BCUT2D eigenvalue weighted by Gasteiger charge is -2.33. The number of aromatic nitrogens is 6.